The Labute approximate surface area is 74.4 Å². The molecule has 0 aromatic rings. The van der Waals surface area contributed by atoms with Crippen LogP contribution >= 0.6 is 0 Å². The Kier molecular flexibility index (Phi) is 7.42. The van der Waals surface area contributed by atoms with Crippen molar-refractivity contribution in [2.45, 2.75) is 58.8 Å². The molecule has 12 heavy (non-hydrogen) atoms. The number of halogens is 2. The average molecular weight is 177 g/mol. The molecule has 0 amide bonds. The van der Waals surface area contributed by atoms with Gasteiger partial charge in [0.25, 0.3) is 0 Å². The van der Waals surface area contributed by atoms with Crippen LogP contribution in [0.2, 0.25) is 0 Å². The van der Waals surface area contributed by atoms with Gasteiger partial charge in [-0.1, -0.05) is 26.7 Å². The monoisotopic (exact) mass is 177 g/mol. The van der Waals surface area contributed by atoms with Crippen molar-refractivity contribution in [1.82, 2.24) is 0 Å². The molecule has 0 aliphatic heterocycles. The molecule has 0 rings (SSSR count). The molecule has 73 valence electrons. The molecule has 1 radical (unpaired) electrons. The molecule has 0 bridgehead atoms. The van der Waals surface area contributed by atoms with Gasteiger partial charge < -0.3 is 0 Å². The molecule has 0 heterocycles. The van der Waals surface area contributed by atoms with Crippen LogP contribution in [0.5, 0.6) is 0 Å². The van der Waals surface area contributed by atoms with E-state index in [1.165, 1.54) is 5.92 Å². The van der Waals surface area contributed by atoms with Crippen LogP contribution in [0.1, 0.15) is 52.4 Å². The molecular formula is C10H19F2. The summed E-state index contributed by atoms with van der Waals surface area (Å²) in [5.41, 5.74) is 0. The van der Waals surface area contributed by atoms with E-state index in [-0.39, 0.29) is 6.42 Å². The second-order valence-corrected chi connectivity index (χ2v) is 3.18. The summed E-state index contributed by atoms with van der Waals surface area (Å²) in [5.74, 6) is 1.32. The summed E-state index contributed by atoms with van der Waals surface area (Å²) < 4.78 is 23.7. The van der Waals surface area contributed by atoms with Crippen LogP contribution in [0, 0.1) is 5.92 Å². The number of hydrogen-bond acceptors (Lipinski definition) is 0. The highest BCUT2D eigenvalue weighted by Crippen LogP contribution is 2.23. The Morgan fingerprint density at radius 3 is 1.83 bits per heavy atom. The zero-order valence-electron chi connectivity index (χ0n) is 8.08. The van der Waals surface area contributed by atoms with Gasteiger partial charge in [-0.05, 0) is 25.2 Å². The van der Waals surface area contributed by atoms with Gasteiger partial charge in [0.05, 0.1) is 0 Å². The summed E-state index contributed by atoms with van der Waals surface area (Å²) >= 11 is 0. The number of hydrogen-bond donors (Lipinski definition) is 0. The van der Waals surface area contributed by atoms with Gasteiger partial charge in [-0.25, -0.2) is 8.78 Å². The molecule has 0 aromatic carbocycles. The van der Waals surface area contributed by atoms with Crippen molar-refractivity contribution < 1.29 is 8.78 Å². The van der Waals surface area contributed by atoms with Crippen molar-refractivity contribution in [3.05, 3.63) is 5.92 Å². The minimum absolute atomic E-state index is 0.0509. The second-order valence-electron chi connectivity index (χ2n) is 3.18. The lowest BCUT2D eigenvalue weighted by molar-refractivity contribution is 0.135. The summed E-state index contributed by atoms with van der Waals surface area (Å²) in [7, 11) is 0. The van der Waals surface area contributed by atoms with Crippen molar-refractivity contribution in [3.63, 3.8) is 0 Å². The molecular weight excluding hydrogens is 158 g/mol. The van der Waals surface area contributed by atoms with E-state index >= 15 is 0 Å². The largest absolute Gasteiger partial charge is 0.238 e. The lowest BCUT2D eigenvalue weighted by Gasteiger charge is -2.13. The zero-order chi connectivity index (χ0) is 9.40. The second kappa shape index (κ2) is 7.51. The molecule has 0 aliphatic rings. The molecule has 0 aliphatic carbocycles. The van der Waals surface area contributed by atoms with Crippen LogP contribution in [0.15, 0.2) is 0 Å². The van der Waals surface area contributed by atoms with Crippen LogP contribution in [-0.2, 0) is 0 Å². The van der Waals surface area contributed by atoms with Gasteiger partial charge in [0.15, 0.2) is 0 Å². The first-order chi connectivity index (χ1) is 5.70. The predicted molar refractivity (Wildman–Crippen MR) is 48.3 cm³/mol. The van der Waals surface area contributed by atoms with Crippen molar-refractivity contribution in [2.75, 3.05) is 0 Å². The maximum absolute atomic E-state index is 11.9. The van der Waals surface area contributed by atoms with Gasteiger partial charge in [-0.2, -0.15) is 0 Å². The molecule has 0 saturated heterocycles. The quantitative estimate of drug-likeness (QED) is 0.546. The number of alkyl halides is 2. The smallest absolute Gasteiger partial charge is 0.211 e. The SMILES string of the molecule is CCC[C](CCC)CCC(F)F. The van der Waals surface area contributed by atoms with E-state index in [0.717, 1.165) is 25.7 Å². The Balaban J connectivity index is 3.48. The highest BCUT2D eigenvalue weighted by Gasteiger charge is 2.10. The van der Waals surface area contributed by atoms with Crippen molar-refractivity contribution >= 4 is 0 Å². The average Bonchev–Trinajstić information content (AvgIpc) is 2.01. The predicted octanol–water partition coefficient (Wildman–Crippen LogP) is 4.21. The third kappa shape index (κ3) is 6.56. The van der Waals surface area contributed by atoms with Crippen LogP contribution in [0.4, 0.5) is 8.78 Å². The van der Waals surface area contributed by atoms with E-state index < -0.39 is 6.43 Å². The molecule has 0 nitrogen and oxygen atoms in total. The molecule has 0 fully saturated rings. The summed E-state index contributed by atoms with van der Waals surface area (Å²) in [4.78, 5) is 0. The van der Waals surface area contributed by atoms with Gasteiger partial charge in [0, 0.05) is 6.42 Å². The van der Waals surface area contributed by atoms with Crippen LogP contribution < -0.4 is 0 Å². The Morgan fingerprint density at radius 1 is 1.00 bits per heavy atom. The zero-order valence-corrected chi connectivity index (χ0v) is 8.08. The minimum Gasteiger partial charge on any atom is -0.211 e. The van der Waals surface area contributed by atoms with E-state index in [0.29, 0.717) is 6.42 Å². The summed E-state index contributed by atoms with van der Waals surface area (Å²) in [5, 5.41) is 0. The van der Waals surface area contributed by atoms with Crippen molar-refractivity contribution in [1.29, 1.82) is 0 Å². The maximum Gasteiger partial charge on any atom is 0.238 e. The lowest BCUT2D eigenvalue weighted by atomic mass is 9.93. The standard InChI is InChI=1S/C10H19F2/c1-3-5-9(6-4-2)7-8-10(11)12/h10H,3-8H2,1-2H3. The van der Waals surface area contributed by atoms with Crippen molar-refractivity contribution in [3.8, 4) is 0 Å². The third-order valence-corrected chi connectivity index (χ3v) is 1.92. The van der Waals surface area contributed by atoms with Crippen molar-refractivity contribution in [2.24, 2.45) is 0 Å². The fraction of sp³-hybridized carbons (Fsp3) is 0.900. The first-order valence-electron chi connectivity index (χ1n) is 4.82. The topological polar surface area (TPSA) is 0 Å². The molecule has 0 unspecified atom stereocenters. The molecule has 0 aromatic heterocycles. The van der Waals surface area contributed by atoms with E-state index in [1.54, 1.807) is 0 Å². The van der Waals surface area contributed by atoms with Gasteiger partial charge in [-0.15, -0.1) is 0 Å². The minimum atomic E-state index is -2.13. The molecule has 0 atom stereocenters. The van der Waals surface area contributed by atoms with E-state index in [9.17, 15) is 8.78 Å². The van der Waals surface area contributed by atoms with Crippen LogP contribution in [0.25, 0.3) is 0 Å². The van der Waals surface area contributed by atoms with E-state index in [4.69, 9.17) is 0 Å². The van der Waals surface area contributed by atoms with Gasteiger partial charge in [0.1, 0.15) is 0 Å². The fourth-order valence-corrected chi connectivity index (χ4v) is 1.40. The first-order valence-corrected chi connectivity index (χ1v) is 4.82. The summed E-state index contributed by atoms with van der Waals surface area (Å²) in [6.45, 7) is 4.19. The van der Waals surface area contributed by atoms with E-state index in [1.807, 2.05) is 0 Å². The molecule has 0 N–H and O–H groups in total. The summed E-state index contributed by atoms with van der Waals surface area (Å²) in [6.07, 6.45) is 2.76. The van der Waals surface area contributed by atoms with Gasteiger partial charge in [-0.3, -0.25) is 0 Å². The van der Waals surface area contributed by atoms with E-state index in [2.05, 4.69) is 13.8 Å². The molecule has 2 heteroatoms. The molecule has 0 saturated carbocycles. The third-order valence-electron chi connectivity index (χ3n) is 1.92. The van der Waals surface area contributed by atoms with Gasteiger partial charge in [0.2, 0.25) is 6.43 Å². The fourth-order valence-electron chi connectivity index (χ4n) is 1.40. The maximum atomic E-state index is 11.9. The lowest BCUT2D eigenvalue weighted by Crippen LogP contribution is -2.00. The van der Waals surface area contributed by atoms with Gasteiger partial charge >= 0.3 is 0 Å². The molecule has 0 spiro atoms. The summed E-state index contributed by atoms with van der Waals surface area (Å²) in [6, 6.07) is 0. The van der Waals surface area contributed by atoms with Crippen LogP contribution in [-0.4, -0.2) is 6.43 Å². The highest BCUT2D eigenvalue weighted by atomic mass is 19.3. The Morgan fingerprint density at radius 2 is 1.50 bits per heavy atom. The van der Waals surface area contributed by atoms with Crippen LogP contribution in [0.3, 0.4) is 0 Å². The first kappa shape index (κ1) is 11.9. The number of rotatable bonds is 7. The highest BCUT2D eigenvalue weighted by molar-refractivity contribution is 4.88. The Hall–Kier alpha value is -0.140. The Bertz CT molecular complexity index is 85.8. The normalized spacial score (nSPS) is 11.5.